The Morgan fingerprint density at radius 1 is 1.38 bits per heavy atom. The first-order chi connectivity index (χ1) is 7.75. The lowest BCUT2D eigenvalue weighted by Gasteiger charge is -2.26. The lowest BCUT2D eigenvalue weighted by atomic mass is 10.1. The number of benzene rings is 1. The topological polar surface area (TPSA) is 32.3 Å². The summed E-state index contributed by atoms with van der Waals surface area (Å²) < 4.78 is 0. The number of halogens is 1. The fourth-order valence-electron chi connectivity index (χ4n) is 1.86. The van der Waals surface area contributed by atoms with Gasteiger partial charge in [0, 0.05) is 24.7 Å². The Kier molecular flexibility index (Phi) is 3.80. The number of amides is 1. The second-order valence-corrected chi connectivity index (χ2v) is 4.37. The van der Waals surface area contributed by atoms with Crippen LogP contribution in [0.2, 0.25) is 5.02 Å². The number of piperazine rings is 1. The van der Waals surface area contributed by atoms with Gasteiger partial charge in [-0.3, -0.25) is 9.69 Å². The van der Waals surface area contributed by atoms with Gasteiger partial charge in [-0.05, 0) is 18.1 Å². The maximum absolute atomic E-state index is 11.2. The average Bonchev–Trinajstić information content (AvgIpc) is 2.28. The molecule has 0 bridgehead atoms. The van der Waals surface area contributed by atoms with Gasteiger partial charge in [0.1, 0.15) is 0 Å². The molecule has 2 rings (SSSR count). The molecular formula is C12H15ClN2O. The molecule has 0 saturated carbocycles. The molecular weight excluding hydrogens is 224 g/mol. The standard InChI is InChI=1S/C12H15ClN2O/c13-11-4-2-1-3-10(11)5-7-15-8-6-14-12(16)9-15/h1-4H,5-9H2,(H,14,16). The highest BCUT2D eigenvalue weighted by Gasteiger charge is 2.15. The molecule has 0 aromatic heterocycles. The van der Waals surface area contributed by atoms with Crippen LogP contribution in [-0.2, 0) is 11.2 Å². The molecule has 1 aliphatic heterocycles. The van der Waals surface area contributed by atoms with Gasteiger partial charge in [0.15, 0.2) is 0 Å². The first-order valence-corrected chi connectivity index (χ1v) is 5.86. The van der Waals surface area contributed by atoms with Crippen LogP contribution in [0.1, 0.15) is 5.56 Å². The molecule has 0 atom stereocenters. The third-order valence-electron chi connectivity index (χ3n) is 2.77. The number of nitrogens with one attached hydrogen (secondary N) is 1. The van der Waals surface area contributed by atoms with Gasteiger partial charge in [-0.15, -0.1) is 0 Å². The van der Waals surface area contributed by atoms with E-state index in [0.29, 0.717) is 6.54 Å². The van der Waals surface area contributed by atoms with E-state index >= 15 is 0 Å². The Labute approximate surface area is 100 Å². The summed E-state index contributed by atoms with van der Waals surface area (Å²) in [6, 6.07) is 7.86. The molecule has 1 aromatic rings. The van der Waals surface area contributed by atoms with E-state index in [0.717, 1.165) is 36.6 Å². The first-order valence-electron chi connectivity index (χ1n) is 5.48. The van der Waals surface area contributed by atoms with E-state index in [1.165, 1.54) is 0 Å². The molecule has 16 heavy (non-hydrogen) atoms. The van der Waals surface area contributed by atoms with Gasteiger partial charge in [0.05, 0.1) is 6.54 Å². The highest BCUT2D eigenvalue weighted by atomic mass is 35.5. The second-order valence-electron chi connectivity index (χ2n) is 3.97. The van der Waals surface area contributed by atoms with Crippen LogP contribution in [0.15, 0.2) is 24.3 Å². The molecule has 3 nitrogen and oxygen atoms in total. The average molecular weight is 239 g/mol. The van der Waals surface area contributed by atoms with E-state index in [9.17, 15) is 4.79 Å². The Hall–Kier alpha value is -1.06. The molecule has 1 aromatic carbocycles. The second kappa shape index (κ2) is 5.32. The van der Waals surface area contributed by atoms with Crippen molar-refractivity contribution in [2.75, 3.05) is 26.2 Å². The van der Waals surface area contributed by atoms with Crippen molar-refractivity contribution in [3.8, 4) is 0 Å². The van der Waals surface area contributed by atoms with Gasteiger partial charge in [0.2, 0.25) is 5.91 Å². The van der Waals surface area contributed by atoms with E-state index in [1.54, 1.807) is 0 Å². The Balaban J connectivity index is 1.87. The monoisotopic (exact) mass is 238 g/mol. The van der Waals surface area contributed by atoms with Gasteiger partial charge in [-0.2, -0.15) is 0 Å². The van der Waals surface area contributed by atoms with Crippen molar-refractivity contribution in [3.05, 3.63) is 34.9 Å². The summed E-state index contributed by atoms with van der Waals surface area (Å²) in [7, 11) is 0. The van der Waals surface area contributed by atoms with Crippen LogP contribution in [0, 0.1) is 0 Å². The predicted octanol–water partition coefficient (Wildman–Crippen LogP) is 1.31. The largest absolute Gasteiger partial charge is 0.354 e. The normalized spacial score (nSPS) is 17.2. The summed E-state index contributed by atoms with van der Waals surface area (Å²) >= 11 is 6.07. The fourth-order valence-corrected chi connectivity index (χ4v) is 2.09. The molecule has 1 aliphatic rings. The summed E-state index contributed by atoms with van der Waals surface area (Å²) in [5, 5.41) is 3.62. The Morgan fingerprint density at radius 2 is 2.19 bits per heavy atom. The Morgan fingerprint density at radius 3 is 2.94 bits per heavy atom. The van der Waals surface area contributed by atoms with Gasteiger partial charge in [-0.25, -0.2) is 0 Å². The SMILES string of the molecule is O=C1CN(CCc2ccccc2Cl)CCN1. The molecule has 1 N–H and O–H groups in total. The first kappa shape index (κ1) is 11.4. The number of rotatable bonds is 3. The van der Waals surface area contributed by atoms with Crippen molar-refractivity contribution >= 4 is 17.5 Å². The van der Waals surface area contributed by atoms with Gasteiger partial charge >= 0.3 is 0 Å². The fraction of sp³-hybridized carbons (Fsp3) is 0.417. The van der Waals surface area contributed by atoms with E-state index < -0.39 is 0 Å². The summed E-state index contributed by atoms with van der Waals surface area (Å²) in [4.78, 5) is 13.3. The molecule has 86 valence electrons. The van der Waals surface area contributed by atoms with Crippen molar-refractivity contribution in [2.45, 2.75) is 6.42 Å². The van der Waals surface area contributed by atoms with E-state index in [-0.39, 0.29) is 5.91 Å². The molecule has 0 radical (unpaired) electrons. The van der Waals surface area contributed by atoms with Gasteiger partial charge < -0.3 is 5.32 Å². The van der Waals surface area contributed by atoms with E-state index in [2.05, 4.69) is 10.2 Å². The zero-order chi connectivity index (χ0) is 11.4. The van der Waals surface area contributed by atoms with Crippen molar-refractivity contribution in [3.63, 3.8) is 0 Å². The smallest absolute Gasteiger partial charge is 0.234 e. The number of hydrogen-bond acceptors (Lipinski definition) is 2. The van der Waals surface area contributed by atoms with Crippen molar-refractivity contribution < 1.29 is 4.79 Å². The van der Waals surface area contributed by atoms with Crippen molar-refractivity contribution in [1.82, 2.24) is 10.2 Å². The van der Waals surface area contributed by atoms with E-state index in [1.807, 2.05) is 24.3 Å². The Bertz CT molecular complexity index is 381. The molecule has 4 heteroatoms. The molecule has 1 amide bonds. The molecule has 0 spiro atoms. The lowest BCUT2D eigenvalue weighted by molar-refractivity contribution is -0.124. The molecule has 0 unspecified atom stereocenters. The van der Waals surface area contributed by atoms with Crippen LogP contribution in [0.25, 0.3) is 0 Å². The van der Waals surface area contributed by atoms with Crippen LogP contribution in [0.3, 0.4) is 0 Å². The third kappa shape index (κ3) is 2.97. The van der Waals surface area contributed by atoms with E-state index in [4.69, 9.17) is 11.6 Å². The van der Waals surface area contributed by atoms with Crippen LogP contribution >= 0.6 is 11.6 Å². The van der Waals surface area contributed by atoms with Crippen LogP contribution in [0.5, 0.6) is 0 Å². The maximum atomic E-state index is 11.2. The minimum atomic E-state index is 0.116. The summed E-state index contributed by atoms with van der Waals surface area (Å²) in [6.07, 6.45) is 0.896. The zero-order valence-corrected chi connectivity index (χ0v) is 9.83. The zero-order valence-electron chi connectivity index (χ0n) is 9.08. The summed E-state index contributed by atoms with van der Waals surface area (Å²) in [5.74, 6) is 0.116. The molecule has 1 saturated heterocycles. The number of nitrogens with zero attached hydrogens (tertiary/aromatic N) is 1. The molecule has 1 heterocycles. The molecule has 1 fully saturated rings. The summed E-state index contributed by atoms with van der Waals surface area (Å²) in [6.45, 7) is 3.07. The predicted molar refractivity (Wildman–Crippen MR) is 64.6 cm³/mol. The quantitative estimate of drug-likeness (QED) is 0.862. The van der Waals surface area contributed by atoms with Crippen LogP contribution < -0.4 is 5.32 Å². The maximum Gasteiger partial charge on any atom is 0.234 e. The van der Waals surface area contributed by atoms with Gasteiger partial charge in [-0.1, -0.05) is 29.8 Å². The van der Waals surface area contributed by atoms with Crippen LogP contribution in [-0.4, -0.2) is 37.0 Å². The number of carbonyl (C=O) groups excluding carboxylic acids is 1. The number of carbonyl (C=O) groups is 1. The number of hydrogen-bond donors (Lipinski definition) is 1. The molecule has 0 aliphatic carbocycles. The minimum absolute atomic E-state index is 0.116. The van der Waals surface area contributed by atoms with Crippen molar-refractivity contribution in [1.29, 1.82) is 0 Å². The highest BCUT2D eigenvalue weighted by Crippen LogP contribution is 2.15. The third-order valence-corrected chi connectivity index (χ3v) is 3.14. The minimum Gasteiger partial charge on any atom is -0.354 e. The highest BCUT2D eigenvalue weighted by molar-refractivity contribution is 6.31. The summed E-state index contributed by atoms with van der Waals surface area (Å²) in [5.41, 5.74) is 1.15. The lowest BCUT2D eigenvalue weighted by Crippen LogP contribution is -2.48. The van der Waals surface area contributed by atoms with Gasteiger partial charge in [0.25, 0.3) is 0 Å². The van der Waals surface area contributed by atoms with Crippen LogP contribution in [0.4, 0.5) is 0 Å². The van der Waals surface area contributed by atoms with Crippen molar-refractivity contribution in [2.24, 2.45) is 0 Å².